The van der Waals surface area contributed by atoms with Crippen LogP contribution in [0.4, 0.5) is 5.69 Å². The van der Waals surface area contributed by atoms with Crippen molar-refractivity contribution < 1.29 is 23.9 Å². The zero-order valence-corrected chi connectivity index (χ0v) is 35.3. The van der Waals surface area contributed by atoms with E-state index < -0.39 is 6.04 Å². The molecule has 4 aliphatic heterocycles. The molecule has 0 radical (unpaired) electrons. The first kappa shape index (κ1) is 40.0. The van der Waals surface area contributed by atoms with E-state index in [0.717, 1.165) is 68.8 Å². The standard InChI is InChI=1S/C47H50ClN7O5/c1-46(2)44(47(3,4)45(46)60-34-14-8-29(25-49)37(48)24-34)55-27-38-36(43(55)59)15-10-31(50-38)9-5-28-6-11-32(12-7-28)52-19-21-53(22-20-52)33-13-16-35-30(23-33)26-54(42(35)58)39-17-18-40(56)51-41(39)57/h8,10,13-16,23-24,28,32,39,44-45H,6-7,11-12,17-22,26-27H2,1-4H3,(H,51,56,57). The fraction of sp³-hybridized carbons (Fsp3) is 0.489. The van der Waals surface area contributed by atoms with E-state index in [-0.39, 0.29) is 53.0 Å². The minimum atomic E-state index is -0.607. The fourth-order valence-electron chi connectivity index (χ4n) is 11.4. The van der Waals surface area contributed by atoms with Crippen molar-refractivity contribution in [2.75, 3.05) is 31.1 Å². The number of carbonyl (C=O) groups is 4. The highest BCUT2D eigenvalue weighted by molar-refractivity contribution is 6.31. The number of ether oxygens (including phenoxy) is 1. The Morgan fingerprint density at radius 1 is 0.833 bits per heavy atom. The quantitative estimate of drug-likeness (QED) is 0.237. The van der Waals surface area contributed by atoms with E-state index in [1.165, 1.54) is 0 Å². The molecule has 310 valence electrons. The molecule has 1 N–H and O–H groups in total. The van der Waals surface area contributed by atoms with Gasteiger partial charge in [0.2, 0.25) is 11.8 Å². The van der Waals surface area contributed by atoms with E-state index in [4.69, 9.17) is 21.3 Å². The maximum Gasteiger partial charge on any atom is 0.256 e. The largest absolute Gasteiger partial charge is 0.489 e. The van der Waals surface area contributed by atoms with Gasteiger partial charge in [-0.2, -0.15) is 5.26 Å². The Bertz CT molecular complexity index is 2380. The average molecular weight is 828 g/mol. The lowest BCUT2D eigenvalue weighted by Crippen LogP contribution is -2.74. The number of fused-ring (bicyclic) bond motifs is 2. The van der Waals surface area contributed by atoms with Crippen molar-refractivity contribution in [2.45, 2.75) is 104 Å². The molecule has 4 amide bonds. The number of hydrogen-bond donors (Lipinski definition) is 1. The minimum absolute atomic E-state index is 0.00989. The Morgan fingerprint density at radius 2 is 1.55 bits per heavy atom. The average Bonchev–Trinajstić information content (AvgIpc) is 3.73. The van der Waals surface area contributed by atoms with Crippen molar-refractivity contribution in [1.29, 1.82) is 5.26 Å². The van der Waals surface area contributed by atoms with E-state index in [1.807, 2.05) is 29.2 Å². The van der Waals surface area contributed by atoms with E-state index in [0.29, 0.717) is 64.6 Å². The number of halogens is 1. The van der Waals surface area contributed by atoms with Gasteiger partial charge in [-0.3, -0.25) is 29.4 Å². The Labute approximate surface area is 356 Å². The third-order valence-corrected chi connectivity index (χ3v) is 14.3. The third kappa shape index (κ3) is 6.98. The van der Waals surface area contributed by atoms with Gasteiger partial charge in [-0.1, -0.05) is 45.2 Å². The summed E-state index contributed by atoms with van der Waals surface area (Å²) in [5.74, 6) is 6.97. The van der Waals surface area contributed by atoms with Crippen LogP contribution < -0.4 is 15.0 Å². The molecule has 3 aromatic rings. The molecule has 2 saturated carbocycles. The van der Waals surface area contributed by atoms with Crippen LogP contribution in [0.25, 0.3) is 0 Å². The molecule has 13 heteroatoms. The van der Waals surface area contributed by atoms with E-state index in [1.54, 1.807) is 23.1 Å². The minimum Gasteiger partial charge on any atom is -0.489 e. The summed E-state index contributed by atoms with van der Waals surface area (Å²) in [5.41, 5.74) is 4.48. The summed E-state index contributed by atoms with van der Waals surface area (Å²) < 4.78 is 6.48. The van der Waals surface area contributed by atoms with Crippen molar-refractivity contribution in [3.05, 3.63) is 87.2 Å². The van der Waals surface area contributed by atoms with Gasteiger partial charge < -0.3 is 19.4 Å². The molecule has 5 heterocycles. The smallest absolute Gasteiger partial charge is 0.256 e. The van der Waals surface area contributed by atoms with Gasteiger partial charge in [-0.15, -0.1) is 0 Å². The number of rotatable bonds is 6. The second-order valence-corrected chi connectivity index (χ2v) is 18.9. The lowest BCUT2D eigenvalue weighted by atomic mass is 9.49. The molecule has 2 saturated heterocycles. The molecule has 2 aliphatic carbocycles. The number of benzene rings is 2. The highest BCUT2D eigenvalue weighted by Gasteiger charge is 2.67. The van der Waals surface area contributed by atoms with Crippen molar-refractivity contribution in [1.82, 2.24) is 25.0 Å². The molecule has 9 rings (SSSR count). The van der Waals surface area contributed by atoms with Crippen LogP contribution >= 0.6 is 11.6 Å². The zero-order valence-electron chi connectivity index (χ0n) is 34.6. The number of aromatic nitrogens is 1. The van der Waals surface area contributed by atoms with Gasteiger partial charge in [0, 0.05) is 85.3 Å². The zero-order chi connectivity index (χ0) is 42.1. The summed E-state index contributed by atoms with van der Waals surface area (Å²) >= 11 is 6.30. The van der Waals surface area contributed by atoms with Gasteiger partial charge in [-0.05, 0) is 86.1 Å². The number of nitrogens with zero attached hydrogens (tertiary/aromatic N) is 6. The highest BCUT2D eigenvalue weighted by atomic mass is 35.5. The van der Waals surface area contributed by atoms with Crippen LogP contribution in [0.2, 0.25) is 5.02 Å². The maximum absolute atomic E-state index is 13.8. The fourth-order valence-corrected chi connectivity index (χ4v) is 11.6. The van der Waals surface area contributed by atoms with Gasteiger partial charge in [-0.25, -0.2) is 4.98 Å². The molecule has 1 atom stereocenters. The molecule has 2 aromatic carbocycles. The van der Waals surface area contributed by atoms with Gasteiger partial charge >= 0.3 is 0 Å². The number of carbonyl (C=O) groups excluding carboxylic acids is 4. The van der Waals surface area contributed by atoms with Crippen LogP contribution in [0.1, 0.15) is 109 Å². The molecular weight excluding hydrogens is 778 g/mol. The monoisotopic (exact) mass is 827 g/mol. The van der Waals surface area contributed by atoms with Crippen LogP contribution in [-0.4, -0.2) is 93.7 Å². The SMILES string of the molecule is CC1(C)C(Oc2ccc(C#N)c(Cl)c2)C(C)(C)C1N1Cc2nc(C#CC3CCC(N4CCN(c5ccc6c(c5)CN(C5CCC(=O)NC5=O)C6=O)CC4)CC3)ccc2C1=O. The van der Waals surface area contributed by atoms with Crippen molar-refractivity contribution in [3.63, 3.8) is 0 Å². The Hall–Kier alpha value is -5.43. The molecule has 4 fully saturated rings. The molecule has 0 spiro atoms. The van der Waals surface area contributed by atoms with Crippen molar-refractivity contribution in [2.24, 2.45) is 16.7 Å². The number of pyridine rings is 1. The van der Waals surface area contributed by atoms with Crippen LogP contribution in [0.3, 0.4) is 0 Å². The number of nitriles is 1. The second kappa shape index (κ2) is 15.2. The maximum atomic E-state index is 13.8. The third-order valence-electron chi connectivity index (χ3n) is 14.0. The summed E-state index contributed by atoms with van der Waals surface area (Å²) in [6.45, 7) is 13.1. The molecule has 6 aliphatic rings. The summed E-state index contributed by atoms with van der Waals surface area (Å²) in [6.07, 6.45) is 4.72. The van der Waals surface area contributed by atoms with Gasteiger partial charge in [0.05, 0.1) is 28.4 Å². The first-order chi connectivity index (χ1) is 28.7. The van der Waals surface area contributed by atoms with E-state index >= 15 is 0 Å². The van der Waals surface area contributed by atoms with Gasteiger partial charge in [0.1, 0.15) is 29.7 Å². The number of anilines is 1. The van der Waals surface area contributed by atoms with Gasteiger partial charge in [0.15, 0.2) is 0 Å². The van der Waals surface area contributed by atoms with Crippen LogP contribution in [-0.2, 0) is 22.7 Å². The summed E-state index contributed by atoms with van der Waals surface area (Å²) in [7, 11) is 0. The number of piperazine rings is 1. The number of imide groups is 1. The molecule has 1 unspecified atom stereocenters. The van der Waals surface area contributed by atoms with E-state index in [9.17, 15) is 24.4 Å². The first-order valence-electron chi connectivity index (χ1n) is 21.2. The van der Waals surface area contributed by atoms with Crippen LogP contribution in [0.5, 0.6) is 5.75 Å². The summed E-state index contributed by atoms with van der Waals surface area (Å²) in [5, 5.41) is 12.0. The number of amides is 4. The molecule has 0 bridgehead atoms. The van der Waals surface area contributed by atoms with Crippen molar-refractivity contribution >= 4 is 40.9 Å². The van der Waals surface area contributed by atoms with Crippen LogP contribution in [0.15, 0.2) is 48.5 Å². The van der Waals surface area contributed by atoms with Crippen LogP contribution in [0, 0.1) is 39.9 Å². The predicted molar refractivity (Wildman–Crippen MR) is 225 cm³/mol. The van der Waals surface area contributed by atoms with Gasteiger partial charge in [0.25, 0.3) is 11.8 Å². The first-order valence-corrected chi connectivity index (χ1v) is 21.6. The number of hydrogen-bond acceptors (Lipinski definition) is 9. The molecule has 1 aromatic heterocycles. The van der Waals surface area contributed by atoms with E-state index in [2.05, 4.69) is 66.8 Å². The second-order valence-electron chi connectivity index (χ2n) is 18.5. The normalized spacial score (nSPS) is 27.0. The lowest BCUT2D eigenvalue weighted by Gasteiger charge is -2.65. The number of piperidine rings is 1. The molecular formula is C47H50ClN7O5. The Balaban J connectivity index is 0.763. The summed E-state index contributed by atoms with van der Waals surface area (Å²) in [4.78, 5) is 64.5. The number of nitrogens with one attached hydrogen (secondary N) is 1. The lowest BCUT2D eigenvalue weighted by molar-refractivity contribution is -0.199. The summed E-state index contributed by atoms with van der Waals surface area (Å²) in [6, 6.07) is 16.8. The Morgan fingerprint density at radius 3 is 2.25 bits per heavy atom. The highest BCUT2D eigenvalue weighted by Crippen LogP contribution is 2.59. The molecule has 60 heavy (non-hydrogen) atoms. The Kier molecular flexibility index (Phi) is 10.2. The topological polar surface area (TPSA) is 139 Å². The van der Waals surface area contributed by atoms with Crippen molar-refractivity contribution in [3.8, 4) is 23.7 Å². The molecule has 12 nitrogen and oxygen atoms in total. The predicted octanol–water partition coefficient (Wildman–Crippen LogP) is 5.94.